The largest absolute Gasteiger partial charge is 0.465 e. The van der Waals surface area contributed by atoms with Crippen molar-refractivity contribution in [2.75, 3.05) is 34.8 Å². The number of unbranched alkanes of at least 4 members (excludes halogenated alkanes) is 1. The third-order valence-electron chi connectivity index (χ3n) is 7.50. The van der Waals surface area contributed by atoms with Gasteiger partial charge in [-0.2, -0.15) is 5.10 Å². The first-order chi connectivity index (χ1) is 20.0. The van der Waals surface area contributed by atoms with Gasteiger partial charge in [0.15, 0.2) is 5.82 Å². The Morgan fingerprint density at radius 3 is 2.60 bits per heavy atom. The Labute approximate surface area is 251 Å². The second kappa shape index (κ2) is 13.7. The fourth-order valence-electron chi connectivity index (χ4n) is 5.29. The van der Waals surface area contributed by atoms with Crippen molar-refractivity contribution < 1.29 is 23.9 Å². The summed E-state index contributed by atoms with van der Waals surface area (Å²) in [7, 11) is 1.84. The van der Waals surface area contributed by atoms with Gasteiger partial charge in [-0.3, -0.25) is 24.2 Å². The number of thiazole rings is 1. The molecular weight excluding hydrogens is 558 g/mol. The van der Waals surface area contributed by atoms with E-state index in [0.29, 0.717) is 36.8 Å². The minimum absolute atomic E-state index is 0.0358. The van der Waals surface area contributed by atoms with Crippen molar-refractivity contribution in [3.05, 3.63) is 30.1 Å². The monoisotopic (exact) mass is 601 g/mol. The number of anilines is 3. The molecule has 3 heterocycles. The number of aryl methyl sites for hydroxylation is 1. The van der Waals surface area contributed by atoms with E-state index in [-0.39, 0.29) is 23.8 Å². The van der Waals surface area contributed by atoms with E-state index in [1.165, 1.54) is 11.3 Å². The summed E-state index contributed by atoms with van der Waals surface area (Å²) in [6, 6.07) is -0.983. The lowest BCUT2D eigenvalue weighted by Crippen LogP contribution is -2.46. The van der Waals surface area contributed by atoms with E-state index >= 15 is 0 Å². The minimum atomic E-state index is -0.659. The number of aromatic nitrogens is 3. The molecule has 2 aromatic heterocycles. The molecule has 13 heteroatoms. The predicted octanol–water partition coefficient (Wildman–Crippen LogP) is 4.09. The number of carbonyl (C=O) groups is 3. The number of amides is 2. The van der Waals surface area contributed by atoms with Crippen LogP contribution in [0.2, 0.25) is 0 Å². The lowest BCUT2D eigenvalue weighted by molar-refractivity contribution is -0.147. The molecule has 0 saturated carbocycles. The van der Waals surface area contributed by atoms with Gasteiger partial charge >= 0.3 is 12.1 Å². The van der Waals surface area contributed by atoms with E-state index in [0.717, 1.165) is 31.5 Å². The fraction of sp³-hybridized carbons (Fsp3) is 0.621. The zero-order valence-electron chi connectivity index (χ0n) is 25.1. The number of rotatable bonds is 10. The van der Waals surface area contributed by atoms with Crippen molar-refractivity contribution in [2.24, 2.45) is 24.6 Å². The van der Waals surface area contributed by atoms with Gasteiger partial charge in [-0.1, -0.05) is 25.5 Å². The Hall–Kier alpha value is -3.45. The van der Waals surface area contributed by atoms with Gasteiger partial charge in [0.05, 0.1) is 36.5 Å². The van der Waals surface area contributed by atoms with Crippen LogP contribution >= 0.6 is 11.3 Å². The number of hydrogen-bond donors (Lipinski definition) is 2. The number of carbonyl (C=O) groups excluding carboxylic acids is 3. The number of esters is 1. The highest BCUT2D eigenvalue weighted by Gasteiger charge is 2.36. The Morgan fingerprint density at radius 1 is 1.21 bits per heavy atom. The van der Waals surface area contributed by atoms with Gasteiger partial charge in [-0.15, -0.1) is 11.3 Å². The van der Waals surface area contributed by atoms with Crippen molar-refractivity contribution in [2.45, 2.75) is 77.5 Å². The van der Waals surface area contributed by atoms with E-state index in [1.807, 2.05) is 46.9 Å². The van der Waals surface area contributed by atoms with Gasteiger partial charge in [-0.05, 0) is 52.4 Å². The van der Waals surface area contributed by atoms with Crippen molar-refractivity contribution in [3.63, 3.8) is 0 Å². The lowest BCUT2D eigenvalue weighted by atomic mass is 9.90. The smallest absolute Gasteiger partial charge is 0.416 e. The summed E-state index contributed by atoms with van der Waals surface area (Å²) < 4.78 is 12.7. The maximum atomic E-state index is 13.4. The summed E-state index contributed by atoms with van der Waals surface area (Å²) in [5.41, 5.74) is 7.86. The molecule has 42 heavy (non-hydrogen) atoms. The van der Waals surface area contributed by atoms with E-state index in [2.05, 4.69) is 20.3 Å². The fourth-order valence-corrected chi connectivity index (χ4v) is 5.96. The standard InChI is InChI=1S/C29H43N7O5S/c1-6-7-14-40-27(38)24(30)19-10-12-35(13-11-19)26-22(16-32-34(26)5)33-25(37)20-8-9-21(15-20)36(23-17-31-18-42-23)28(39)41-29(2,3)4/h8-9,16-21,24H,6-7,10-15,30H2,1-5H3,(H,33,37). The van der Waals surface area contributed by atoms with Crippen LogP contribution in [0.3, 0.4) is 0 Å². The highest BCUT2D eigenvalue weighted by Crippen LogP contribution is 2.34. The van der Waals surface area contributed by atoms with Gasteiger partial charge < -0.3 is 25.4 Å². The Bertz CT molecular complexity index is 1250. The SMILES string of the molecule is CCCCOC(=O)C(N)C1CCN(c2c(NC(=O)C3C=CC(N(C(=O)OC(C)(C)C)c4cncs4)C3)cnn2C)CC1. The first kappa shape index (κ1) is 31.5. The van der Waals surface area contributed by atoms with Crippen LogP contribution in [-0.2, 0) is 26.1 Å². The molecule has 1 aliphatic heterocycles. The maximum Gasteiger partial charge on any atom is 0.416 e. The van der Waals surface area contributed by atoms with Gasteiger partial charge in [0.2, 0.25) is 5.91 Å². The summed E-state index contributed by atoms with van der Waals surface area (Å²) >= 11 is 1.34. The molecule has 230 valence electrons. The molecule has 3 N–H and O–H groups in total. The third-order valence-corrected chi connectivity index (χ3v) is 8.27. The average Bonchev–Trinajstić information content (AvgIpc) is 3.70. The number of ether oxygens (including phenoxy) is 2. The van der Waals surface area contributed by atoms with Crippen molar-refractivity contribution in [3.8, 4) is 0 Å². The molecule has 0 spiro atoms. The number of nitrogens with one attached hydrogen (secondary N) is 1. The van der Waals surface area contributed by atoms with Crippen LogP contribution in [-0.4, -0.2) is 70.1 Å². The van der Waals surface area contributed by atoms with Crippen LogP contribution in [0.5, 0.6) is 0 Å². The summed E-state index contributed by atoms with van der Waals surface area (Å²) in [4.78, 5) is 46.7. The average molecular weight is 602 g/mol. The molecule has 12 nitrogen and oxygen atoms in total. The lowest BCUT2D eigenvalue weighted by Gasteiger charge is -2.35. The van der Waals surface area contributed by atoms with Crippen LogP contribution in [0.1, 0.15) is 59.8 Å². The van der Waals surface area contributed by atoms with Crippen molar-refractivity contribution in [1.82, 2.24) is 14.8 Å². The Morgan fingerprint density at radius 2 is 1.95 bits per heavy atom. The highest BCUT2D eigenvalue weighted by molar-refractivity contribution is 7.14. The number of piperidine rings is 1. The predicted molar refractivity (Wildman–Crippen MR) is 162 cm³/mol. The number of nitrogens with two attached hydrogens (primary N) is 1. The second-order valence-corrected chi connectivity index (χ2v) is 12.7. The van der Waals surface area contributed by atoms with E-state index in [1.54, 1.807) is 27.5 Å². The minimum Gasteiger partial charge on any atom is -0.465 e. The molecule has 1 aliphatic carbocycles. The van der Waals surface area contributed by atoms with Crippen LogP contribution in [0, 0.1) is 11.8 Å². The molecule has 2 aromatic rings. The molecule has 2 amide bonds. The topological polar surface area (TPSA) is 145 Å². The molecule has 4 rings (SSSR count). The summed E-state index contributed by atoms with van der Waals surface area (Å²) in [6.07, 6.45) is 10.2. The van der Waals surface area contributed by atoms with E-state index in [4.69, 9.17) is 15.2 Å². The zero-order chi connectivity index (χ0) is 30.4. The molecule has 3 atom stereocenters. The number of nitrogens with zero attached hydrogens (tertiary/aromatic N) is 5. The zero-order valence-corrected chi connectivity index (χ0v) is 25.9. The first-order valence-corrected chi connectivity index (χ1v) is 15.5. The van der Waals surface area contributed by atoms with Gasteiger partial charge in [0.1, 0.15) is 22.3 Å². The summed E-state index contributed by atoms with van der Waals surface area (Å²) in [5.74, 6) is -0.112. The number of hydrogen-bond acceptors (Lipinski definition) is 10. The highest BCUT2D eigenvalue weighted by atomic mass is 32.1. The van der Waals surface area contributed by atoms with Crippen molar-refractivity contribution in [1.29, 1.82) is 0 Å². The van der Waals surface area contributed by atoms with Gasteiger partial charge in [0.25, 0.3) is 0 Å². The molecule has 1 saturated heterocycles. The summed E-state index contributed by atoms with van der Waals surface area (Å²) in [6.45, 7) is 9.26. The second-order valence-electron chi connectivity index (χ2n) is 11.9. The molecule has 0 bridgehead atoms. The van der Waals surface area contributed by atoms with Gasteiger partial charge in [-0.25, -0.2) is 4.79 Å². The van der Waals surface area contributed by atoms with Gasteiger partial charge in [0, 0.05) is 20.1 Å². The van der Waals surface area contributed by atoms with Crippen LogP contribution in [0.25, 0.3) is 0 Å². The molecule has 1 fully saturated rings. The van der Waals surface area contributed by atoms with Crippen molar-refractivity contribution >= 4 is 45.8 Å². The molecule has 2 aliphatic rings. The van der Waals surface area contributed by atoms with E-state index < -0.39 is 23.7 Å². The summed E-state index contributed by atoms with van der Waals surface area (Å²) in [5, 5.41) is 8.11. The Kier molecular flexibility index (Phi) is 10.3. The van der Waals surface area contributed by atoms with Crippen LogP contribution in [0.4, 0.5) is 21.3 Å². The van der Waals surface area contributed by atoms with Crippen LogP contribution < -0.4 is 20.9 Å². The normalized spacial score (nSPS) is 19.9. The molecule has 0 radical (unpaired) electrons. The third kappa shape index (κ3) is 7.68. The quantitative estimate of drug-likeness (QED) is 0.234. The van der Waals surface area contributed by atoms with Crippen LogP contribution in [0.15, 0.2) is 30.1 Å². The molecular formula is C29H43N7O5S. The first-order valence-electron chi connectivity index (χ1n) is 14.6. The van der Waals surface area contributed by atoms with E-state index in [9.17, 15) is 14.4 Å². The maximum absolute atomic E-state index is 13.4. The molecule has 3 unspecified atom stereocenters. The Balaban J connectivity index is 1.36. The molecule has 0 aromatic carbocycles.